The van der Waals surface area contributed by atoms with E-state index >= 15 is 0 Å². The van der Waals surface area contributed by atoms with E-state index < -0.39 is 0 Å². The molecule has 21 heavy (non-hydrogen) atoms. The quantitative estimate of drug-likeness (QED) is 0.778. The van der Waals surface area contributed by atoms with Gasteiger partial charge in [-0.25, -0.2) is 4.68 Å². The molecule has 0 fully saturated rings. The third-order valence-electron chi connectivity index (χ3n) is 3.39. The van der Waals surface area contributed by atoms with E-state index in [1.807, 2.05) is 48.5 Å². The van der Waals surface area contributed by atoms with Gasteiger partial charge in [0, 0.05) is 17.9 Å². The highest BCUT2D eigenvalue weighted by atomic mass is 15.4. The highest BCUT2D eigenvalue weighted by molar-refractivity contribution is 5.32. The van der Waals surface area contributed by atoms with E-state index in [0.717, 1.165) is 29.9 Å². The van der Waals surface area contributed by atoms with Crippen molar-refractivity contribution in [1.82, 2.24) is 20.0 Å². The van der Waals surface area contributed by atoms with Crippen LogP contribution in [0.25, 0.3) is 5.69 Å². The van der Waals surface area contributed by atoms with Crippen LogP contribution in [-0.4, -0.2) is 20.0 Å². The Balaban J connectivity index is 1.74. The average molecular weight is 279 g/mol. The summed E-state index contributed by atoms with van der Waals surface area (Å²) in [4.78, 5) is 4.32. The van der Waals surface area contributed by atoms with Crippen molar-refractivity contribution >= 4 is 0 Å². The van der Waals surface area contributed by atoms with Gasteiger partial charge >= 0.3 is 0 Å². The van der Waals surface area contributed by atoms with Crippen molar-refractivity contribution < 1.29 is 0 Å². The number of hydrogen-bond acceptors (Lipinski definition) is 4. The Morgan fingerprint density at radius 1 is 1.05 bits per heavy atom. The average Bonchev–Trinajstić information content (AvgIpc) is 3.04. The first kappa shape index (κ1) is 13.5. The number of nitrogens with zero attached hydrogens (tertiary/aromatic N) is 4. The number of rotatable bonds is 5. The Bertz CT molecular complexity index is 678. The zero-order chi connectivity index (χ0) is 14.5. The molecule has 0 amide bonds. The van der Waals surface area contributed by atoms with E-state index in [2.05, 4.69) is 15.3 Å². The third-order valence-corrected chi connectivity index (χ3v) is 3.39. The molecule has 0 spiro atoms. The summed E-state index contributed by atoms with van der Waals surface area (Å²) in [6.07, 6.45) is 5.17. The molecule has 3 aromatic rings. The van der Waals surface area contributed by atoms with Crippen LogP contribution in [0.4, 0.5) is 0 Å². The van der Waals surface area contributed by atoms with Gasteiger partial charge in [0.25, 0.3) is 0 Å². The zero-order valence-electron chi connectivity index (χ0n) is 11.6. The lowest BCUT2D eigenvalue weighted by Gasteiger charge is -2.13. The molecule has 0 aliphatic carbocycles. The molecule has 0 saturated heterocycles. The molecule has 0 saturated carbocycles. The second-order valence-electron chi connectivity index (χ2n) is 4.87. The molecule has 2 aromatic heterocycles. The highest BCUT2D eigenvalue weighted by Crippen LogP contribution is 2.18. The molecule has 0 radical (unpaired) electrons. The number of nitrogens with two attached hydrogens (primary N) is 1. The number of hydrogen-bond donors (Lipinski definition) is 1. The maximum absolute atomic E-state index is 6.30. The molecule has 1 aromatic carbocycles. The van der Waals surface area contributed by atoms with Gasteiger partial charge in [-0.05, 0) is 37.1 Å². The number of benzene rings is 1. The standard InChI is InChI=1S/C16H17N5/c17-15(10-9-13-6-4-5-11-18-13)16-12-19-20-21(16)14-7-2-1-3-8-14/h1-8,11-12,15H,9-10,17H2. The summed E-state index contributed by atoms with van der Waals surface area (Å²) in [6, 6.07) is 15.7. The normalized spacial score (nSPS) is 12.2. The van der Waals surface area contributed by atoms with E-state index in [1.54, 1.807) is 17.1 Å². The molecule has 0 bridgehead atoms. The summed E-state index contributed by atoms with van der Waals surface area (Å²) in [5.41, 5.74) is 9.23. The molecular weight excluding hydrogens is 262 g/mol. The van der Waals surface area contributed by atoms with Gasteiger partial charge in [0.15, 0.2) is 0 Å². The molecule has 0 aliphatic rings. The number of aromatic nitrogens is 4. The molecule has 1 unspecified atom stereocenters. The van der Waals surface area contributed by atoms with Crippen molar-refractivity contribution in [3.63, 3.8) is 0 Å². The Kier molecular flexibility index (Phi) is 4.02. The van der Waals surface area contributed by atoms with Crippen LogP contribution < -0.4 is 5.73 Å². The lowest BCUT2D eigenvalue weighted by molar-refractivity contribution is 0.600. The maximum atomic E-state index is 6.30. The van der Waals surface area contributed by atoms with Crippen molar-refractivity contribution in [1.29, 1.82) is 0 Å². The minimum Gasteiger partial charge on any atom is -0.323 e. The van der Waals surface area contributed by atoms with Gasteiger partial charge in [-0.2, -0.15) is 0 Å². The zero-order valence-corrected chi connectivity index (χ0v) is 11.6. The predicted molar refractivity (Wildman–Crippen MR) is 80.8 cm³/mol. The Hall–Kier alpha value is -2.53. The van der Waals surface area contributed by atoms with Crippen LogP contribution in [0, 0.1) is 0 Å². The highest BCUT2D eigenvalue weighted by Gasteiger charge is 2.14. The first-order valence-electron chi connectivity index (χ1n) is 6.96. The summed E-state index contributed by atoms with van der Waals surface area (Å²) in [6.45, 7) is 0. The summed E-state index contributed by atoms with van der Waals surface area (Å²) in [7, 11) is 0. The molecule has 0 aliphatic heterocycles. The minimum atomic E-state index is -0.123. The van der Waals surface area contributed by atoms with E-state index in [1.165, 1.54) is 0 Å². The van der Waals surface area contributed by atoms with Crippen molar-refractivity contribution in [2.75, 3.05) is 0 Å². The van der Waals surface area contributed by atoms with Gasteiger partial charge in [0.05, 0.1) is 17.6 Å². The fraction of sp³-hybridized carbons (Fsp3) is 0.188. The summed E-state index contributed by atoms with van der Waals surface area (Å²) in [5, 5.41) is 8.13. The van der Waals surface area contributed by atoms with Crippen LogP contribution in [0.3, 0.4) is 0 Å². The van der Waals surface area contributed by atoms with E-state index in [-0.39, 0.29) is 6.04 Å². The second kappa shape index (κ2) is 6.28. The van der Waals surface area contributed by atoms with Crippen molar-refractivity contribution in [2.45, 2.75) is 18.9 Å². The Labute approximate surface area is 123 Å². The summed E-state index contributed by atoms with van der Waals surface area (Å²) in [5.74, 6) is 0. The molecule has 2 heterocycles. The van der Waals surface area contributed by atoms with Crippen LogP contribution in [0.5, 0.6) is 0 Å². The molecular formula is C16H17N5. The Morgan fingerprint density at radius 2 is 1.86 bits per heavy atom. The van der Waals surface area contributed by atoms with Gasteiger partial charge in [-0.3, -0.25) is 4.98 Å². The van der Waals surface area contributed by atoms with E-state index in [0.29, 0.717) is 0 Å². The van der Waals surface area contributed by atoms with Crippen LogP contribution in [-0.2, 0) is 6.42 Å². The van der Waals surface area contributed by atoms with Gasteiger partial charge in [-0.1, -0.05) is 29.5 Å². The van der Waals surface area contributed by atoms with Crippen molar-refractivity contribution in [3.8, 4) is 5.69 Å². The Morgan fingerprint density at radius 3 is 2.62 bits per heavy atom. The lowest BCUT2D eigenvalue weighted by atomic mass is 10.1. The van der Waals surface area contributed by atoms with Crippen molar-refractivity contribution in [2.24, 2.45) is 5.73 Å². The van der Waals surface area contributed by atoms with Crippen LogP contribution in [0.15, 0.2) is 60.9 Å². The summed E-state index contributed by atoms with van der Waals surface area (Å²) >= 11 is 0. The molecule has 5 nitrogen and oxygen atoms in total. The minimum absolute atomic E-state index is 0.123. The maximum Gasteiger partial charge on any atom is 0.0813 e. The first-order chi connectivity index (χ1) is 10.3. The second-order valence-corrected chi connectivity index (χ2v) is 4.87. The number of aryl methyl sites for hydroxylation is 1. The molecule has 2 N–H and O–H groups in total. The van der Waals surface area contributed by atoms with Crippen molar-refractivity contribution in [3.05, 3.63) is 72.3 Å². The lowest BCUT2D eigenvalue weighted by Crippen LogP contribution is -2.16. The van der Waals surface area contributed by atoms with Crippen LogP contribution in [0.2, 0.25) is 0 Å². The van der Waals surface area contributed by atoms with Crippen LogP contribution in [0.1, 0.15) is 23.9 Å². The molecule has 106 valence electrons. The smallest absolute Gasteiger partial charge is 0.0813 e. The SMILES string of the molecule is NC(CCc1ccccn1)c1cnnn1-c1ccccc1. The fourth-order valence-corrected chi connectivity index (χ4v) is 2.26. The number of para-hydroxylation sites is 1. The van der Waals surface area contributed by atoms with Gasteiger partial charge in [0.2, 0.25) is 0 Å². The first-order valence-corrected chi connectivity index (χ1v) is 6.96. The molecule has 3 rings (SSSR count). The summed E-state index contributed by atoms with van der Waals surface area (Å²) < 4.78 is 1.79. The van der Waals surface area contributed by atoms with Gasteiger partial charge in [0.1, 0.15) is 0 Å². The van der Waals surface area contributed by atoms with E-state index in [4.69, 9.17) is 5.73 Å². The number of pyridine rings is 1. The van der Waals surface area contributed by atoms with Gasteiger partial charge < -0.3 is 5.73 Å². The van der Waals surface area contributed by atoms with Crippen LogP contribution >= 0.6 is 0 Å². The van der Waals surface area contributed by atoms with Gasteiger partial charge in [-0.15, -0.1) is 5.10 Å². The van der Waals surface area contributed by atoms with E-state index in [9.17, 15) is 0 Å². The third kappa shape index (κ3) is 3.14. The monoisotopic (exact) mass is 279 g/mol. The largest absolute Gasteiger partial charge is 0.323 e. The molecule has 5 heteroatoms. The fourth-order valence-electron chi connectivity index (χ4n) is 2.26. The topological polar surface area (TPSA) is 69.6 Å². The predicted octanol–water partition coefficient (Wildman–Crippen LogP) is 2.29. The molecule has 1 atom stereocenters.